The summed E-state index contributed by atoms with van der Waals surface area (Å²) < 4.78 is 7.68. The number of benzene rings is 1. The Bertz CT molecular complexity index is 834. The lowest BCUT2D eigenvalue weighted by molar-refractivity contribution is -0.142. The molecule has 2 aliphatic heterocycles. The molecular weight excluding hydrogens is 356 g/mol. The van der Waals surface area contributed by atoms with Crippen molar-refractivity contribution in [3.8, 4) is 0 Å². The Labute approximate surface area is 165 Å². The average molecular weight is 384 g/mol. The Kier molecular flexibility index (Phi) is 5.76. The number of aromatic nitrogens is 2. The minimum absolute atomic E-state index is 0.145. The number of hydrogen-bond acceptors (Lipinski definition) is 4. The molecule has 3 heterocycles. The predicted octanol–water partition coefficient (Wildman–Crippen LogP) is 0.935. The molecule has 8 nitrogen and oxygen atoms in total. The van der Waals surface area contributed by atoms with E-state index in [0.29, 0.717) is 19.7 Å². The second-order valence-electron chi connectivity index (χ2n) is 7.21. The first-order valence-electron chi connectivity index (χ1n) is 10.0. The van der Waals surface area contributed by atoms with Crippen LogP contribution >= 0.6 is 0 Å². The second kappa shape index (κ2) is 8.60. The summed E-state index contributed by atoms with van der Waals surface area (Å²) in [4.78, 5) is 25.5. The van der Waals surface area contributed by atoms with Crippen molar-refractivity contribution in [2.45, 2.75) is 25.5 Å². The van der Waals surface area contributed by atoms with Crippen LogP contribution in [0.5, 0.6) is 0 Å². The molecular formula is C20H28N6O2. The number of piperazine rings is 1. The molecule has 8 heteroatoms. The van der Waals surface area contributed by atoms with Crippen molar-refractivity contribution in [3.05, 3.63) is 30.6 Å². The van der Waals surface area contributed by atoms with Gasteiger partial charge in [0, 0.05) is 52.9 Å². The van der Waals surface area contributed by atoms with E-state index in [1.54, 1.807) is 7.05 Å². The van der Waals surface area contributed by atoms with Gasteiger partial charge in [-0.1, -0.05) is 12.1 Å². The summed E-state index contributed by atoms with van der Waals surface area (Å²) in [5.74, 6) is 1.03. The molecule has 1 N–H and O–H groups in total. The minimum atomic E-state index is -0.228. The molecule has 0 bridgehead atoms. The van der Waals surface area contributed by atoms with Crippen molar-refractivity contribution in [1.82, 2.24) is 24.7 Å². The van der Waals surface area contributed by atoms with E-state index in [2.05, 4.69) is 30.8 Å². The lowest BCUT2D eigenvalue weighted by Gasteiger charge is -2.37. The quantitative estimate of drug-likeness (QED) is 0.627. The summed E-state index contributed by atoms with van der Waals surface area (Å²) in [7, 11) is 1.80. The van der Waals surface area contributed by atoms with Crippen molar-refractivity contribution in [1.29, 1.82) is 0 Å². The molecule has 2 aliphatic rings. The van der Waals surface area contributed by atoms with E-state index in [1.807, 2.05) is 29.4 Å². The van der Waals surface area contributed by atoms with Gasteiger partial charge in [-0.25, -0.2) is 4.98 Å². The van der Waals surface area contributed by atoms with Gasteiger partial charge in [0.2, 0.25) is 0 Å². The monoisotopic (exact) mass is 384 g/mol. The molecule has 0 radical (unpaired) electrons. The van der Waals surface area contributed by atoms with Crippen molar-refractivity contribution in [3.63, 3.8) is 0 Å². The van der Waals surface area contributed by atoms with E-state index < -0.39 is 0 Å². The van der Waals surface area contributed by atoms with Crippen LogP contribution in [0.1, 0.15) is 12.8 Å². The maximum absolute atomic E-state index is 12.5. The van der Waals surface area contributed by atoms with Crippen LogP contribution in [0.3, 0.4) is 0 Å². The number of ether oxygens (including phenoxy) is 1. The van der Waals surface area contributed by atoms with Gasteiger partial charge in [0.25, 0.3) is 5.91 Å². The van der Waals surface area contributed by atoms with E-state index in [-0.39, 0.29) is 12.0 Å². The molecule has 2 aromatic rings. The van der Waals surface area contributed by atoms with Crippen LogP contribution in [-0.4, -0.2) is 83.7 Å². The molecule has 4 rings (SSSR count). The first-order chi connectivity index (χ1) is 13.8. The average Bonchev–Trinajstić information content (AvgIpc) is 3.41. The fourth-order valence-electron chi connectivity index (χ4n) is 3.92. The Balaban J connectivity index is 1.26. The summed E-state index contributed by atoms with van der Waals surface area (Å²) in [5, 5.41) is 3.44. The number of hydrogen-bond donors (Lipinski definition) is 1. The molecule has 0 spiro atoms. The van der Waals surface area contributed by atoms with Gasteiger partial charge in [-0.15, -0.1) is 0 Å². The zero-order valence-electron chi connectivity index (χ0n) is 16.4. The number of para-hydroxylation sites is 2. The van der Waals surface area contributed by atoms with E-state index in [9.17, 15) is 4.79 Å². The van der Waals surface area contributed by atoms with Crippen molar-refractivity contribution >= 4 is 22.9 Å². The number of nitrogens with zero attached hydrogens (tertiary/aromatic N) is 5. The molecule has 1 aromatic carbocycles. The largest absolute Gasteiger partial charge is 0.368 e. The van der Waals surface area contributed by atoms with E-state index in [0.717, 1.165) is 56.0 Å². The Hall–Kier alpha value is -2.61. The van der Waals surface area contributed by atoms with E-state index >= 15 is 0 Å². The molecule has 1 amide bonds. The third kappa shape index (κ3) is 3.96. The molecule has 0 aliphatic carbocycles. The number of carbonyl (C=O) groups is 1. The molecule has 28 heavy (non-hydrogen) atoms. The van der Waals surface area contributed by atoms with Gasteiger partial charge in [0.15, 0.2) is 5.96 Å². The number of nitrogens with one attached hydrogen (secondary N) is 1. The van der Waals surface area contributed by atoms with Crippen LogP contribution < -0.4 is 5.32 Å². The highest BCUT2D eigenvalue weighted by Crippen LogP contribution is 2.16. The summed E-state index contributed by atoms with van der Waals surface area (Å²) in [6, 6.07) is 8.14. The number of aliphatic imine (C=N–C) groups is 1. The van der Waals surface area contributed by atoms with Crippen molar-refractivity contribution in [2.24, 2.45) is 4.99 Å². The molecule has 0 saturated carbocycles. The molecule has 2 fully saturated rings. The van der Waals surface area contributed by atoms with Crippen LogP contribution in [0.4, 0.5) is 0 Å². The minimum Gasteiger partial charge on any atom is -0.368 e. The summed E-state index contributed by atoms with van der Waals surface area (Å²) in [5.41, 5.74) is 2.15. The maximum atomic E-state index is 12.5. The van der Waals surface area contributed by atoms with Gasteiger partial charge >= 0.3 is 0 Å². The van der Waals surface area contributed by atoms with Gasteiger partial charge in [-0.05, 0) is 25.0 Å². The third-order valence-electron chi connectivity index (χ3n) is 5.47. The first-order valence-corrected chi connectivity index (χ1v) is 10.0. The number of carbonyl (C=O) groups excluding carboxylic acids is 1. The van der Waals surface area contributed by atoms with E-state index in [1.165, 1.54) is 0 Å². The van der Waals surface area contributed by atoms with Crippen molar-refractivity contribution < 1.29 is 9.53 Å². The van der Waals surface area contributed by atoms with Crippen molar-refractivity contribution in [2.75, 3.05) is 46.4 Å². The van der Waals surface area contributed by atoms with E-state index in [4.69, 9.17) is 4.74 Å². The Morgan fingerprint density at radius 2 is 2.04 bits per heavy atom. The lowest BCUT2D eigenvalue weighted by atomic mass is 10.2. The fraction of sp³-hybridized carbons (Fsp3) is 0.550. The second-order valence-corrected chi connectivity index (χ2v) is 7.21. The topological polar surface area (TPSA) is 75.0 Å². The highest BCUT2D eigenvalue weighted by Gasteiger charge is 2.30. The number of rotatable bonds is 4. The van der Waals surface area contributed by atoms with Crippen LogP contribution in [0, 0.1) is 0 Å². The summed E-state index contributed by atoms with van der Waals surface area (Å²) in [6.07, 6.45) is 3.49. The van der Waals surface area contributed by atoms with Gasteiger partial charge < -0.3 is 24.4 Å². The maximum Gasteiger partial charge on any atom is 0.251 e. The number of guanidine groups is 1. The van der Waals surface area contributed by atoms with Crippen LogP contribution in [-0.2, 0) is 16.1 Å². The number of fused-ring (bicyclic) bond motifs is 1. The SMILES string of the molecule is CN=C(NCCn1cnc2ccccc21)N1CCN(C(=O)C2CCCO2)CC1. The highest BCUT2D eigenvalue weighted by molar-refractivity contribution is 5.83. The van der Waals surface area contributed by atoms with Gasteiger partial charge in [-0.3, -0.25) is 9.79 Å². The third-order valence-corrected chi connectivity index (χ3v) is 5.47. The molecule has 2 saturated heterocycles. The zero-order chi connectivity index (χ0) is 19.3. The summed E-state index contributed by atoms with van der Waals surface area (Å²) in [6.45, 7) is 5.29. The van der Waals surface area contributed by atoms with Crippen LogP contribution in [0.15, 0.2) is 35.6 Å². The molecule has 1 atom stereocenters. The smallest absolute Gasteiger partial charge is 0.251 e. The van der Waals surface area contributed by atoms with Gasteiger partial charge in [-0.2, -0.15) is 0 Å². The molecule has 1 aromatic heterocycles. The predicted molar refractivity (Wildman–Crippen MR) is 108 cm³/mol. The van der Waals surface area contributed by atoms with Crippen LogP contribution in [0.25, 0.3) is 11.0 Å². The summed E-state index contributed by atoms with van der Waals surface area (Å²) >= 11 is 0. The fourth-order valence-corrected chi connectivity index (χ4v) is 3.92. The standard InChI is InChI=1S/C20H28N6O2/c1-21-20(22-8-9-26-15-23-16-5-2-3-6-17(16)26)25-12-10-24(11-13-25)19(27)18-7-4-14-28-18/h2-3,5-6,15,18H,4,7-14H2,1H3,(H,21,22). The first kappa shape index (κ1) is 18.7. The highest BCUT2D eigenvalue weighted by atomic mass is 16.5. The number of imidazole rings is 1. The Morgan fingerprint density at radius 1 is 1.25 bits per heavy atom. The van der Waals surface area contributed by atoms with Gasteiger partial charge in [0.05, 0.1) is 17.4 Å². The Morgan fingerprint density at radius 3 is 2.79 bits per heavy atom. The number of amides is 1. The van der Waals surface area contributed by atoms with Crippen LogP contribution in [0.2, 0.25) is 0 Å². The normalized spacial score (nSPS) is 20.8. The van der Waals surface area contributed by atoms with Gasteiger partial charge in [0.1, 0.15) is 6.10 Å². The molecule has 1 unspecified atom stereocenters. The zero-order valence-corrected chi connectivity index (χ0v) is 16.4. The lowest BCUT2D eigenvalue weighted by Crippen LogP contribution is -2.55. The molecule has 150 valence electrons.